The zero-order valence-electron chi connectivity index (χ0n) is 12.4. The second kappa shape index (κ2) is 6.14. The maximum Gasteiger partial charge on any atom is 0.129 e. The molecule has 1 aliphatic heterocycles. The molecule has 0 unspecified atom stereocenters. The van der Waals surface area contributed by atoms with Gasteiger partial charge in [0.05, 0.1) is 12.3 Å². The molecule has 1 fully saturated rings. The molecular weight excluding hydrogens is 288 g/mol. The van der Waals surface area contributed by atoms with E-state index in [9.17, 15) is 13.9 Å². The summed E-state index contributed by atoms with van der Waals surface area (Å²) in [6, 6.07) is 3.34. The van der Waals surface area contributed by atoms with Gasteiger partial charge in [-0.15, -0.1) is 0 Å². The van der Waals surface area contributed by atoms with Gasteiger partial charge in [0, 0.05) is 37.0 Å². The van der Waals surface area contributed by atoms with E-state index < -0.39 is 17.7 Å². The summed E-state index contributed by atoms with van der Waals surface area (Å²) in [4.78, 5) is 2.10. The highest BCUT2D eigenvalue weighted by molar-refractivity contribution is 5.22. The van der Waals surface area contributed by atoms with E-state index in [2.05, 4.69) is 10.00 Å². The van der Waals surface area contributed by atoms with Crippen molar-refractivity contribution in [3.05, 3.63) is 53.4 Å². The summed E-state index contributed by atoms with van der Waals surface area (Å²) in [5.41, 5.74) is 1.10. The van der Waals surface area contributed by atoms with Crippen molar-refractivity contribution in [2.75, 3.05) is 13.1 Å². The quantitative estimate of drug-likeness (QED) is 0.944. The van der Waals surface area contributed by atoms with Gasteiger partial charge in [0.2, 0.25) is 0 Å². The Bertz CT molecular complexity index is 659. The molecule has 1 saturated heterocycles. The molecule has 0 saturated carbocycles. The first-order valence-corrected chi connectivity index (χ1v) is 7.40. The summed E-state index contributed by atoms with van der Waals surface area (Å²) in [5.74, 6) is -1.12. The number of nitrogens with zero attached hydrogens (tertiary/aromatic N) is 3. The van der Waals surface area contributed by atoms with E-state index >= 15 is 0 Å². The van der Waals surface area contributed by atoms with Gasteiger partial charge in [-0.1, -0.05) is 0 Å². The molecule has 0 radical (unpaired) electrons. The van der Waals surface area contributed by atoms with E-state index in [4.69, 9.17) is 0 Å². The van der Waals surface area contributed by atoms with Crippen LogP contribution in [0.5, 0.6) is 0 Å². The lowest BCUT2D eigenvalue weighted by molar-refractivity contribution is 0.103. The highest BCUT2D eigenvalue weighted by Gasteiger charge is 2.29. The van der Waals surface area contributed by atoms with Crippen LogP contribution < -0.4 is 0 Å². The molecule has 4 nitrogen and oxygen atoms in total. The monoisotopic (exact) mass is 307 g/mol. The normalized spacial score (nSPS) is 20.5. The third-order valence-electron chi connectivity index (χ3n) is 4.20. The van der Waals surface area contributed by atoms with E-state index in [-0.39, 0.29) is 18.2 Å². The Labute approximate surface area is 128 Å². The van der Waals surface area contributed by atoms with Gasteiger partial charge in [0.15, 0.2) is 0 Å². The number of aliphatic hydroxyl groups is 1. The van der Waals surface area contributed by atoms with Crippen LogP contribution in [0.25, 0.3) is 0 Å². The molecule has 3 rings (SSSR count). The van der Waals surface area contributed by atoms with Crippen LogP contribution in [0.3, 0.4) is 0 Å². The number of likely N-dealkylation sites (tertiary alicyclic amines) is 1. The Morgan fingerprint density at radius 1 is 1.41 bits per heavy atom. The minimum absolute atomic E-state index is 0.0110. The van der Waals surface area contributed by atoms with Crippen molar-refractivity contribution in [1.82, 2.24) is 14.7 Å². The van der Waals surface area contributed by atoms with E-state index in [0.717, 1.165) is 43.1 Å². The van der Waals surface area contributed by atoms with Crippen molar-refractivity contribution in [2.24, 2.45) is 7.05 Å². The maximum absolute atomic E-state index is 13.8. The van der Waals surface area contributed by atoms with Crippen LogP contribution in [0.15, 0.2) is 30.6 Å². The van der Waals surface area contributed by atoms with Gasteiger partial charge in [-0.05, 0) is 37.6 Å². The van der Waals surface area contributed by atoms with Gasteiger partial charge in [0.25, 0.3) is 0 Å². The fraction of sp³-hybridized carbons (Fsp3) is 0.438. The molecule has 1 aromatic carbocycles. The molecule has 22 heavy (non-hydrogen) atoms. The first-order valence-electron chi connectivity index (χ1n) is 7.40. The Kier molecular flexibility index (Phi) is 4.22. The zero-order chi connectivity index (χ0) is 15.7. The molecule has 0 aliphatic carbocycles. The summed E-state index contributed by atoms with van der Waals surface area (Å²) >= 11 is 0. The lowest BCUT2D eigenvalue weighted by Crippen LogP contribution is -2.28. The van der Waals surface area contributed by atoms with E-state index in [1.807, 2.05) is 19.4 Å². The third-order valence-corrected chi connectivity index (χ3v) is 4.20. The van der Waals surface area contributed by atoms with Gasteiger partial charge in [-0.3, -0.25) is 9.58 Å². The molecule has 6 heteroatoms. The number of aryl methyl sites for hydroxylation is 1. The van der Waals surface area contributed by atoms with Crippen LogP contribution in [0.4, 0.5) is 8.78 Å². The molecule has 2 heterocycles. The molecule has 2 aromatic rings. The summed E-state index contributed by atoms with van der Waals surface area (Å²) in [5, 5.41) is 14.5. The van der Waals surface area contributed by atoms with Crippen molar-refractivity contribution in [3.8, 4) is 0 Å². The van der Waals surface area contributed by atoms with Gasteiger partial charge in [-0.25, -0.2) is 8.78 Å². The molecule has 1 N–H and O–H groups in total. The fourth-order valence-corrected chi connectivity index (χ4v) is 3.12. The number of hydrogen-bond donors (Lipinski definition) is 1. The SMILES string of the molecule is Cn1cc([C@@H]2CCCN2C[C@@H](O)c2cc(F)ccc2F)cn1. The number of halogens is 2. The first-order chi connectivity index (χ1) is 10.5. The van der Waals surface area contributed by atoms with Gasteiger partial charge < -0.3 is 5.11 Å². The summed E-state index contributed by atoms with van der Waals surface area (Å²) in [6.07, 6.45) is 4.71. The Morgan fingerprint density at radius 2 is 2.23 bits per heavy atom. The molecule has 0 spiro atoms. The second-order valence-electron chi connectivity index (χ2n) is 5.78. The zero-order valence-corrected chi connectivity index (χ0v) is 12.4. The van der Waals surface area contributed by atoms with E-state index in [1.54, 1.807) is 4.68 Å². The molecule has 1 aromatic heterocycles. The number of hydrogen-bond acceptors (Lipinski definition) is 3. The molecule has 1 aliphatic rings. The van der Waals surface area contributed by atoms with E-state index in [0.29, 0.717) is 0 Å². The third kappa shape index (κ3) is 3.03. The minimum Gasteiger partial charge on any atom is -0.387 e. The smallest absolute Gasteiger partial charge is 0.129 e. The highest BCUT2D eigenvalue weighted by atomic mass is 19.1. The van der Waals surface area contributed by atoms with Crippen LogP contribution in [-0.4, -0.2) is 32.9 Å². The first kappa shape index (κ1) is 15.1. The van der Waals surface area contributed by atoms with E-state index in [1.165, 1.54) is 0 Å². The van der Waals surface area contributed by atoms with Crippen LogP contribution >= 0.6 is 0 Å². The summed E-state index contributed by atoms with van der Waals surface area (Å²) < 4.78 is 28.8. The number of aromatic nitrogens is 2. The van der Waals surface area contributed by atoms with Crippen LogP contribution in [0.2, 0.25) is 0 Å². The van der Waals surface area contributed by atoms with Crippen molar-refractivity contribution in [2.45, 2.75) is 25.0 Å². The second-order valence-corrected chi connectivity index (χ2v) is 5.78. The summed E-state index contributed by atoms with van der Waals surface area (Å²) in [7, 11) is 1.86. The van der Waals surface area contributed by atoms with Gasteiger partial charge in [-0.2, -0.15) is 5.10 Å². The van der Waals surface area contributed by atoms with Crippen LogP contribution in [-0.2, 0) is 7.05 Å². The number of aliphatic hydroxyl groups excluding tert-OH is 1. The van der Waals surface area contributed by atoms with Crippen LogP contribution in [0, 0.1) is 11.6 Å². The largest absolute Gasteiger partial charge is 0.387 e. The lowest BCUT2D eigenvalue weighted by Gasteiger charge is -2.26. The predicted molar refractivity (Wildman–Crippen MR) is 78.1 cm³/mol. The number of β-amino-alcohol motifs (C(OH)–C–C–N with tert-alkyl or cyclic N) is 1. The Morgan fingerprint density at radius 3 is 2.95 bits per heavy atom. The van der Waals surface area contributed by atoms with Crippen molar-refractivity contribution in [1.29, 1.82) is 0 Å². The van der Waals surface area contributed by atoms with Crippen molar-refractivity contribution in [3.63, 3.8) is 0 Å². The lowest BCUT2D eigenvalue weighted by atomic mass is 10.1. The molecule has 0 amide bonds. The molecular formula is C16H19F2N3O. The highest BCUT2D eigenvalue weighted by Crippen LogP contribution is 2.33. The standard InChI is InChI=1S/C16H19F2N3O/c1-20-9-11(8-19-20)15-3-2-6-21(15)10-16(22)13-7-12(17)4-5-14(13)18/h4-5,7-9,15-16,22H,2-3,6,10H2,1H3/t15-,16+/m0/s1. The average Bonchev–Trinajstić information content (AvgIpc) is 3.10. The Hall–Kier alpha value is -1.79. The molecule has 118 valence electrons. The van der Waals surface area contributed by atoms with Gasteiger partial charge in [0.1, 0.15) is 11.6 Å². The minimum atomic E-state index is -1.05. The van der Waals surface area contributed by atoms with Gasteiger partial charge >= 0.3 is 0 Å². The fourth-order valence-electron chi connectivity index (χ4n) is 3.12. The molecule has 2 atom stereocenters. The van der Waals surface area contributed by atoms with Crippen molar-refractivity contribution < 1.29 is 13.9 Å². The topological polar surface area (TPSA) is 41.3 Å². The van der Waals surface area contributed by atoms with Crippen LogP contribution in [0.1, 0.15) is 36.1 Å². The van der Waals surface area contributed by atoms with Crippen molar-refractivity contribution >= 4 is 0 Å². The molecule has 0 bridgehead atoms. The summed E-state index contributed by atoms with van der Waals surface area (Å²) in [6.45, 7) is 1.10. The maximum atomic E-state index is 13.8. The number of benzene rings is 1. The number of rotatable bonds is 4. The Balaban J connectivity index is 1.75. The predicted octanol–water partition coefficient (Wildman–Crippen LogP) is 2.57. The average molecular weight is 307 g/mol.